The highest BCUT2D eigenvalue weighted by Gasteiger charge is 2.23. The van der Waals surface area contributed by atoms with E-state index in [1.807, 2.05) is 24.3 Å². The summed E-state index contributed by atoms with van der Waals surface area (Å²) in [5.41, 5.74) is 2.87. The van der Waals surface area contributed by atoms with Crippen molar-refractivity contribution in [2.75, 3.05) is 0 Å². The van der Waals surface area contributed by atoms with Gasteiger partial charge in [-0.25, -0.2) is 0 Å². The van der Waals surface area contributed by atoms with Gasteiger partial charge in [-0.05, 0) is 5.56 Å². The molecule has 2 aromatic rings. The number of nitrogens with zero attached hydrogens (tertiary/aromatic N) is 2. The van der Waals surface area contributed by atoms with Gasteiger partial charge >= 0.3 is 0 Å². The zero-order chi connectivity index (χ0) is 13.2. The Kier molecular flexibility index (Phi) is 3.42. The lowest BCUT2D eigenvalue weighted by molar-refractivity contribution is 0.112. The van der Waals surface area contributed by atoms with Crippen LogP contribution in [0.3, 0.4) is 0 Å². The molecule has 4 nitrogen and oxygen atoms in total. The average Bonchev–Trinajstić information content (AvgIpc) is 2.78. The molecule has 1 heterocycles. The summed E-state index contributed by atoms with van der Waals surface area (Å²) in [6.07, 6.45) is 1.61. The number of aromatic amines is 1. The lowest BCUT2D eigenvalue weighted by Crippen LogP contribution is -2.41. The van der Waals surface area contributed by atoms with Gasteiger partial charge in [0.15, 0.2) is 0 Å². The monoisotopic (exact) mass is 259 g/mol. The Morgan fingerprint density at radius 2 is 1.89 bits per heavy atom. The number of nitrogens with one attached hydrogen (secondary N) is 1. The maximum Gasteiger partial charge on any atom is 0.150 e. The van der Waals surface area contributed by atoms with Crippen molar-refractivity contribution in [1.29, 1.82) is 0 Å². The van der Waals surface area contributed by atoms with Crippen LogP contribution in [0.15, 0.2) is 24.3 Å². The molecule has 2 rings (SSSR count). The molecule has 0 unspecified atom stereocenters. The maximum atomic E-state index is 10.6. The lowest BCUT2D eigenvalue weighted by Gasteiger charge is -2.14. The van der Waals surface area contributed by atoms with Gasteiger partial charge < -0.3 is 0 Å². The Balaban J connectivity index is 2.23. The van der Waals surface area contributed by atoms with Gasteiger partial charge in [0, 0.05) is 17.3 Å². The third kappa shape index (κ3) is 2.73. The number of aldehydes is 1. The number of carbonyl (C=O) groups is 1. The normalized spacial score (nSPS) is 11.5. The summed E-state index contributed by atoms with van der Waals surface area (Å²) in [5, 5.41) is 12.3. The quantitative estimate of drug-likeness (QED) is 0.672. The molecular weight excluding hydrogens is 242 g/mol. The van der Waals surface area contributed by atoms with Crippen LogP contribution in [0.2, 0.25) is 19.6 Å². The zero-order valence-corrected chi connectivity index (χ0v) is 11.9. The van der Waals surface area contributed by atoms with Crippen molar-refractivity contribution in [2.24, 2.45) is 0 Å². The smallest absolute Gasteiger partial charge is 0.150 e. The fraction of sp³-hybridized carbons (Fsp3) is 0.308. The van der Waals surface area contributed by atoms with Gasteiger partial charge in [0.25, 0.3) is 0 Å². The second-order valence-corrected chi connectivity index (χ2v) is 10.4. The number of H-pyrrole nitrogens is 1. The molecule has 5 heteroatoms. The summed E-state index contributed by atoms with van der Waals surface area (Å²) in [6.45, 7) is 6.80. The van der Waals surface area contributed by atoms with E-state index in [0.717, 1.165) is 24.0 Å². The topological polar surface area (TPSA) is 58.6 Å². The molecule has 18 heavy (non-hydrogen) atoms. The number of aromatic nitrogens is 3. The second kappa shape index (κ2) is 4.86. The third-order valence-electron chi connectivity index (χ3n) is 2.86. The standard InChI is InChI=1S/C13H17N3OSi/c1-18(2,3)13-12(14-16-15-13)8-10-4-6-11(9-17)7-5-10/h4-7,9H,8H2,1-3H3,(H,14,15,16). The van der Waals surface area contributed by atoms with Crippen molar-refractivity contribution < 1.29 is 4.79 Å². The van der Waals surface area contributed by atoms with E-state index >= 15 is 0 Å². The summed E-state index contributed by atoms with van der Waals surface area (Å²) >= 11 is 0. The van der Waals surface area contributed by atoms with Crippen LogP contribution < -0.4 is 5.32 Å². The van der Waals surface area contributed by atoms with Crippen molar-refractivity contribution in [3.8, 4) is 0 Å². The van der Waals surface area contributed by atoms with E-state index in [2.05, 4.69) is 35.1 Å². The average molecular weight is 259 g/mol. The van der Waals surface area contributed by atoms with Crippen LogP contribution >= 0.6 is 0 Å². The van der Waals surface area contributed by atoms with Crippen molar-refractivity contribution in [2.45, 2.75) is 26.1 Å². The van der Waals surface area contributed by atoms with E-state index in [0.29, 0.717) is 5.56 Å². The molecule has 0 saturated heterocycles. The fourth-order valence-electron chi connectivity index (χ4n) is 1.88. The van der Waals surface area contributed by atoms with Gasteiger partial charge in [-0.1, -0.05) is 49.1 Å². The predicted octanol–water partition coefficient (Wildman–Crippen LogP) is 1.75. The highest BCUT2D eigenvalue weighted by Crippen LogP contribution is 2.09. The van der Waals surface area contributed by atoms with Crippen molar-refractivity contribution in [1.82, 2.24) is 15.4 Å². The van der Waals surface area contributed by atoms with Crippen LogP contribution in [0.1, 0.15) is 21.6 Å². The predicted molar refractivity (Wildman–Crippen MR) is 74.0 cm³/mol. The molecule has 0 saturated carbocycles. The Morgan fingerprint density at radius 3 is 2.44 bits per heavy atom. The van der Waals surface area contributed by atoms with Gasteiger partial charge in [0.1, 0.15) is 14.4 Å². The van der Waals surface area contributed by atoms with Gasteiger partial charge in [-0.15, -0.1) is 5.10 Å². The van der Waals surface area contributed by atoms with Crippen LogP contribution in [0, 0.1) is 0 Å². The molecule has 0 aliphatic carbocycles. The number of carbonyl (C=O) groups excluding carboxylic acids is 1. The second-order valence-electron chi connectivity index (χ2n) is 5.42. The SMILES string of the molecule is C[Si](C)(C)c1[nH]nnc1Cc1ccc(C=O)cc1. The van der Waals surface area contributed by atoms with Crippen LogP contribution in [-0.4, -0.2) is 29.8 Å². The fourth-order valence-corrected chi connectivity index (χ4v) is 3.27. The Labute approximate surface area is 107 Å². The molecule has 0 amide bonds. The van der Waals surface area contributed by atoms with E-state index in [1.54, 1.807) is 0 Å². The third-order valence-corrected chi connectivity index (χ3v) is 4.76. The molecule has 1 aromatic carbocycles. The molecule has 0 fully saturated rings. The minimum Gasteiger partial charge on any atom is -0.298 e. The van der Waals surface area contributed by atoms with Crippen LogP contribution in [0.4, 0.5) is 0 Å². The van der Waals surface area contributed by atoms with Crippen LogP contribution in [0.5, 0.6) is 0 Å². The molecule has 1 N–H and O–H groups in total. The highest BCUT2D eigenvalue weighted by atomic mass is 28.3. The van der Waals surface area contributed by atoms with E-state index in [1.165, 1.54) is 5.32 Å². The van der Waals surface area contributed by atoms with Crippen LogP contribution in [-0.2, 0) is 6.42 Å². The number of benzene rings is 1. The van der Waals surface area contributed by atoms with Crippen LogP contribution in [0.25, 0.3) is 0 Å². The highest BCUT2D eigenvalue weighted by molar-refractivity contribution is 6.88. The molecule has 0 aliphatic heterocycles. The minimum absolute atomic E-state index is 0.698. The summed E-state index contributed by atoms with van der Waals surface area (Å²) in [7, 11) is -1.43. The number of rotatable bonds is 4. The van der Waals surface area contributed by atoms with E-state index in [4.69, 9.17) is 0 Å². The summed E-state index contributed by atoms with van der Waals surface area (Å²) < 4.78 is 0. The van der Waals surface area contributed by atoms with Gasteiger partial charge in [0.05, 0.1) is 5.69 Å². The molecule has 1 aromatic heterocycles. The first kappa shape index (κ1) is 12.7. The number of hydrogen-bond donors (Lipinski definition) is 1. The Hall–Kier alpha value is -1.75. The molecular formula is C13H17N3OSi. The lowest BCUT2D eigenvalue weighted by atomic mass is 10.1. The molecule has 0 spiro atoms. The summed E-state index contributed by atoms with van der Waals surface area (Å²) in [4.78, 5) is 10.6. The maximum absolute atomic E-state index is 10.6. The first-order chi connectivity index (χ1) is 8.50. The first-order valence-corrected chi connectivity index (χ1v) is 9.45. The Bertz CT molecular complexity index is 540. The summed E-state index contributed by atoms with van der Waals surface area (Å²) in [6, 6.07) is 7.59. The van der Waals surface area contributed by atoms with Gasteiger partial charge in [0.2, 0.25) is 0 Å². The molecule has 0 bridgehead atoms. The Morgan fingerprint density at radius 1 is 1.22 bits per heavy atom. The number of hydrogen-bond acceptors (Lipinski definition) is 3. The molecule has 0 radical (unpaired) electrons. The zero-order valence-electron chi connectivity index (χ0n) is 10.9. The molecule has 0 aliphatic rings. The summed E-state index contributed by atoms with van der Waals surface area (Å²) in [5.74, 6) is 0. The minimum atomic E-state index is -1.43. The van der Waals surface area contributed by atoms with Gasteiger partial charge in [-0.3, -0.25) is 9.89 Å². The first-order valence-electron chi connectivity index (χ1n) is 5.95. The van der Waals surface area contributed by atoms with Gasteiger partial charge in [-0.2, -0.15) is 0 Å². The van der Waals surface area contributed by atoms with E-state index in [9.17, 15) is 4.79 Å². The van der Waals surface area contributed by atoms with E-state index < -0.39 is 8.07 Å². The molecule has 94 valence electrons. The largest absolute Gasteiger partial charge is 0.298 e. The molecule has 0 atom stereocenters. The van der Waals surface area contributed by atoms with Crippen molar-refractivity contribution in [3.05, 3.63) is 41.1 Å². The van der Waals surface area contributed by atoms with Crippen molar-refractivity contribution >= 4 is 19.7 Å². The van der Waals surface area contributed by atoms with E-state index in [-0.39, 0.29) is 0 Å². The van der Waals surface area contributed by atoms with Crippen molar-refractivity contribution in [3.63, 3.8) is 0 Å².